The highest BCUT2D eigenvalue weighted by molar-refractivity contribution is 6.30. The molecule has 2 aromatic rings. The zero-order chi connectivity index (χ0) is 13.8. The first-order chi connectivity index (χ1) is 9.11. The molecule has 0 bridgehead atoms. The van der Waals surface area contributed by atoms with Crippen LogP contribution in [0, 0.1) is 12.7 Å². The largest absolute Gasteiger partial charge is 0.377 e. The van der Waals surface area contributed by atoms with Crippen molar-refractivity contribution in [3.63, 3.8) is 0 Å². The van der Waals surface area contributed by atoms with E-state index >= 15 is 0 Å². The van der Waals surface area contributed by atoms with Crippen LogP contribution in [0.2, 0.25) is 5.02 Å². The van der Waals surface area contributed by atoms with E-state index in [-0.39, 0.29) is 11.1 Å². The lowest BCUT2D eigenvalue weighted by molar-refractivity contribution is 0.626. The van der Waals surface area contributed by atoms with Gasteiger partial charge in [-0.1, -0.05) is 35.9 Å². The van der Waals surface area contributed by atoms with Crippen molar-refractivity contribution in [2.45, 2.75) is 13.0 Å². The van der Waals surface area contributed by atoms with E-state index in [4.69, 9.17) is 17.3 Å². The summed E-state index contributed by atoms with van der Waals surface area (Å²) in [6, 6.07) is 12.5. The molecule has 3 N–H and O–H groups in total. The van der Waals surface area contributed by atoms with Crippen molar-refractivity contribution in [1.29, 1.82) is 0 Å². The smallest absolute Gasteiger partial charge is 0.141 e. The number of halogens is 2. The van der Waals surface area contributed by atoms with Crippen LogP contribution in [0.1, 0.15) is 17.2 Å². The predicted molar refractivity (Wildman–Crippen MR) is 78.0 cm³/mol. The number of benzene rings is 2. The third kappa shape index (κ3) is 3.25. The molecular formula is C15H16ClFN2. The number of para-hydroxylation sites is 1. The Morgan fingerprint density at radius 1 is 1.26 bits per heavy atom. The molecule has 19 heavy (non-hydrogen) atoms. The Kier molecular flexibility index (Phi) is 4.40. The molecule has 0 saturated carbocycles. The molecule has 2 nitrogen and oxygen atoms in total. The fourth-order valence-corrected chi connectivity index (χ4v) is 2.12. The van der Waals surface area contributed by atoms with Gasteiger partial charge < -0.3 is 11.1 Å². The molecule has 0 heterocycles. The molecule has 2 aromatic carbocycles. The highest BCUT2D eigenvalue weighted by Gasteiger charge is 2.12. The van der Waals surface area contributed by atoms with Crippen LogP contribution in [0.25, 0.3) is 0 Å². The van der Waals surface area contributed by atoms with Crippen LogP contribution in [-0.2, 0) is 0 Å². The van der Waals surface area contributed by atoms with Gasteiger partial charge in [-0.05, 0) is 36.2 Å². The van der Waals surface area contributed by atoms with Crippen LogP contribution in [0.3, 0.4) is 0 Å². The average molecular weight is 279 g/mol. The Hall–Kier alpha value is -1.58. The second kappa shape index (κ2) is 6.04. The van der Waals surface area contributed by atoms with Crippen molar-refractivity contribution in [2.75, 3.05) is 11.9 Å². The molecule has 0 fully saturated rings. The Labute approximate surface area is 117 Å². The van der Waals surface area contributed by atoms with Crippen LogP contribution >= 0.6 is 11.6 Å². The molecule has 2 rings (SSSR count). The minimum absolute atomic E-state index is 0.0980. The van der Waals surface area contributed by atoms with E-state index in [1.165, 1.54) is 6.07 Å². The molecule has 100 valence electrons. The maximum Gasteiger partial charge on any atom is 0.141 e. The van der Waals surface area contributed by atoms with Crippen LogP contribution in [0.4, 0.5) is 10.1 Å². The maximum absolute atomic E-state index is 13.2. The summed E-state index contributed by atoms with van der Waals surface area (Å²) in [6.45, 7) is 2.42. The van der Waals surface area contributed by atoms with Gasteiger partial charge in [0.15, 0.2) is 0 Å². The first-order valence-corrected chi connectivity index (χ1v) is 6.47. The Balaban J connectivity index is 2.25. The summed E-state index contributed by atoms with van der Waals surface area (Å²) in [5, 5.41) is 3.47. The van der Waals surface area contributed by atoms with Gasteiger partial charge in [-0.3, -0.25) is 0 Å². The Bertz CT molecular complexity index is 572. The number of nitrogens with two attached hydrogens (primary N) is 1. The van der Waals surface area contributed by atoms with Crippen molar-refractivity contribution in [3.05, 3.63) is 64.4 Å². The van der Waals surface area contributed by atoms with Gasteiger partial charge >= 0.3 is 0 Å². The zero-order valence-electron chi connectivity index (χ0n) is 10.7. The average Bonchev–Trinajstić information content (AvgIpc) is 2.41. The SMILES string of the molecule is Cc1ccccc1NC(CN)c1ccc(F)c(Cl)c1. The summed E-state index contributed by atoms with van der Waals surface area (Å²) in [7, 11) is 0. The molecule has 0 aliphatic rings. The third-order valence-corrected chi connectivity index (χ3v) is 3.35. The molecule has 0 amide bonds. The number of nitrogens with one attached hydrogen (secondary N) is 1. The van der Waals surface area contributed by atoms with Gasteiger partial charge in [0.1, 0.15) is 5.82 Å². The lowest BCUT2D eigenvalue weighted by Crippen LogP contribution is -2.21. The molecule has 0 aromatic heterocycles. The molecular weight excluding hydrogens is 263 g/mol. The normalized spacial score (nSPS) is 12.2. The van der Waals surface area contributed by atoms with Gasteiger partial charge in [-0.2, -0.15) is 0 Å². The van der Waals surface area contributed by atoms with Crippen molar-refractivity contribution >= 4 is 17.3 Å². The Morgan fingerprint density at radius 3 is 2.63 bits per heavy atom. The van der Waals surface area contributed by atoms with Crippen molar-refractivity contribution in [2.24, 2.45) is 5.73 Å². The quantitative estimate of drug-likeness (QED) is 0.890. The van der Waals surface area contributed by atoms with E-state index in [2.05, 4.69) is 5.32 Å². The van der Waals surface area contributed by atoms with Crippen molar-refractivity contribution < 1.29 is 4.39 Å². The van der Waals surface area contributed by atoms with Gasteiger partial charge in [0.25, 0.3) is 0 Å². The number of hydrogen-bond donors (Lipinski definition) is 2. The van der Waals surface area contributed by atoms with Gasteiger partial charge in [0.2, 0.25) is 0 Å². The minimum Gasteiger partial charge on any atom is -0.377 e. The minimum atomic E-state index is -0.419. The molecule has 0 radical (unpaired) electrons. The number of aryl methyl sites for hydroxylation is 1. The summed E-state index contributed by atoms with van der Waals surface area (Å²) < 4.78 is 13.2. The molecule has 4 heteroatoms. The van der Waals surface area contributed by atoms with Crippen LogP contribution in [0.15, 0.2) is 42.5 Å². The first kappa shape index (κ1) is 13.8. The number of hydrogen-bond acceptors (Lipinski definition) is 2. The summed E-state index contributed by atoms with van der Waals surface area (Å²) in [5.41, 5.74) is 8.81. The van der Waals surface area contributed by atoms with Gasteiger partial charge in [0.05, 0.1) is 11.1 Å². The Morgan fingerprint density at radius 2 is 2.00 bits per heavy atom. The van der Waals surface area contributed by atoms with E-state index in [1.807, 2.05) is 31.2 Å². The first-order valence-electron chi connectivity index (χ1n) is 6.09. The van der Waals surface area contributed by atoms with Gasteiger partial charge in [-0.25, -0.2) is 4.39 Å². The fourth-order valence-electron chi connectivity index (χ4n) is 1.93. The standard InChI is InChI=1S/C15H16ClFN2/c1-10-4-2-3-5-14(10)19-15(9-18)11-6-7-13(17)12(16)8-11/h2-8,15,19H,9,18H2,1H3. The number of anilines is 1. The van der Waals surface area contributed by atoms with Crippen molar-refractivity contribution in [1.82, 2.24) is 0 Å². The van der Waals surface area contributed by atoms with Crippen LogP contribution in [0.5, 0.6) is 0 Å². The van der Waals surface area contributed by atoms with Crippen molar-refractivity contribution in [3.8, 4) is 0 Å². The fraction of sp³-hybridized carbons (Fsp3) is 0.200. The predicted octanol–water partition coefficient (Wildman–Crippen LogP) is 3.90. The lowest BCUT2D eigenvalue weighted by atomic mass is 10.1. The summed E-state index contributed by atoms with van der Waals surface area (Å²) >= 11 is 5.81. The molecule has 1 atom stereocenters. The van der Waals surface area contributed by atoms with Gasteiger partial charge in [0, 0.05) is 12.2 Å². The van der Waals surface area contributed by atoms with E-state index < -0.39 is 5.82 Å². The van der Waals surface area contributed by atoms with Crippen LogP contribution in [-0.4, -0.2) is 6.54 Å². The summed E-state index contributed by atoms with van der Waals surface area (Å²) in [5.74, 6) is -0.419. The van der Waals surface area contributed by atoms with E-state index in [1.54, 1.807) is 12.1 Å². The highest BCUT2D eigenvalue weighted by atomic mass is 35.5. The lowest BCUT2D eigenvalue weighted by Gasteiger charge is -2.20. The maximum atomic E-state index is 13.2. The molecule has 0 aliphatic heterocycles. The van der Waals surface area contributed by atoms with E-state index in [0.717, 1.165) is 16.8 Å². The van der Waals surface area contributed by atoms with Crippen LogP contribution < -0.4 is 11.1 Å². The van der Waals surface area contributed by atoms with E-state index in [9.17, 15) is 4.39 Å². The monoisotopic (exact) mass is 278 g/mol. The highest BCUT2D eigenvalue weighted by Crippen LogP contribution is 2.24. The van der Waals surface area contributed by atoms with E-state index in [0.29, 0.717) is 6.54 Å². The molecule has 0 aliphatic carbocycles. The topological polar surface area (TPSA) is 38.0 Å². The molecule has 0 spiro atoms. The zero-order valence-corrected chi connectivity index (χ0v) is 11.4. The summed E-state index contributed by atoms with van der Waals surface area (Å²) in [4.78, 5) is 0. The summed E-state index contributed by atoms with van der Waals surface area (Å²) in [6.07, 6.45) is 0. The molecule has 1 unspecified atom stereocenters. The second-order valence-corrected chi connectivity index (χ2v) is 4.83. The third-order valence-electron chi connectivity index (χ3n) is 3.06. The molecule has 0 saturated heterocycles. The second-order valence-electron chi connectivity index (χ2n) is 4.42. The van der Waals surface area contributed by atoms with Gasteiger partial charge in [-0.15, -0.1) is 0 Å². The number of rotatable bonds is 4.